The van der Waals surface area contributed by atoms with Crippen molar-refractivity contribution in [3.63, 3.8) is 0 Å². The molecule has 1 saturated heterocycles. The number of imide groups is 1. The summed E-state index contributed by atoms with van der Waals surface area (Å²) in [6.07, 6.45) is 0.676. The number of anilines is 1. The molecule has 3 rings (SSSR count). The first-order valence-electron chi connectivity index (χ1n) is 8.20. The Labute approximate surface area is 160 Å². The number of thioether (sulfide) groups is 1. The van der Waals surface area contributed by atoms with Gasteiger partial charge in [-0.15, -0.1) is 0 Å². The van der Waals surface area contributed by atoms with Gasteiger partial charge in [-0.05, 0) is 61.0 Å². The number of amides is 2. The van der Waals surface area contributed by atoms with Crippen LogP contribution in [0.2, 0.25) is 0 Å². The summed E-state index contributed by atoms with van der Waals surface area (Å²) in [4.78, 5) is 37.4. The van der Waals surface area contributed by atoms with Crippen LogP contribution in [0, 0.1) is 6.92 Å². The summed E-state index contributed by atoms with van der Waals surface area (Å²) < 4.78 is 5.27. The third kappa shape index (κ3) is 4.03. The molecule has 1 N–H and O–H groups in total. The van der Waals surface area contributed by atoms with E-state index in [1.807, 2.05) is 19.1 Å². The first-order valence-corrected chi connectivity index (χ1v) is 9.01. The molecule has 1 fully saturated rings. The van der Waals surface area contributed by atoms with E-state index < -0.39 is 12.1 Å². The largest absolute Gasteiger partial charge is 0.479 e. The topological polar surface area (TPSA) is 83.9 Å². The van der Waals surface area contributed by atoms with Crippen LogP contribution in [0.4, 0.5) is 10.5 Å². The maximum Gasteiger partial charge on any atom is 0.344 e. The molecule has 0 aliphatic carbocycles. The summed E-state index contributed by atoms with van der Waals surface area (Å²) in [5, 5.41) is 8.53. The van der Waals surface area contributed by atoms with E-state index in [1.54, 1.807) is 42.5 Å². The Kier molecular flexibility index (Phi) is 5.32. The molecule has 1 heterocycles. The predicted molar refractivity (Wildman–Crippen MR) is 104 cm³/mol. The van der Waals surface area contributed by atoms with E-state index in [2.05, 4.69) is 0 Å². The van der Waals surface area contributed by atoms with Gasteiger partial charge in [-0.1, -0.05) is 30.3 Å². The Bertz CT molecular complexity index is 936. The third-order valence-corrected chi connectivity index (χ3v) is 4.86. The zero-order valence-electron chi connectivity index (χ0n) is 14.7. The van der Waals surface area contributed by atoms with E-state index in [9.17, 15) is 14.4 Å². The highest BCUT2D eigenvalue weighted by Gasteiger charge is 2.36. The normalized spacial score (nSPS) is 16.7. The van der Waals surface area contributed by atoms with Crippen molar-refractivity contribution in [3.05, 3.63) is 64.6 Å². The Balaban J connectivity index is 1.80. The maximum absolute atomic E-state index is 12.7. The summed E-state index contributed by atoms with van der Waals surface area (Å²) in [6, 6.07) is 13.9. The third-order valence-electron chi connectivity index (χ3n) is 3.99. The van der Waals surface area contributed by atoms with Crippen LogP contribution in [0.1, 0.15) is 18.1 Å². The number of carbonyl (C=O) groups excluding carboxylic acids is 2. The molecule has 0 aromatic heterocycles. The van der Waals surface area contributed by atoms with Crippen molar-refractivity contribution in [2.24, 2.45) is 0 Å². The molecule has 2 amide bonds. The average Bonchev–Trinajstić information content (AvgIpc) is 2.90. The summed E-state index contributed by atoms with van der Waals surface area (Å²) >= 11 is 0.889. The maximum atomic E-state index is 12.7. The van der Waals surface area contributed by atoms with E-state index in [0.717, 1.165) is 17.3 Å². The zero-order chi connectivity index (χ0) is 19.6. The summed E-state index contributed by atoms with van der Waals surface area (Å²) in [6.45, 7) is 3.29. The minimum absolute atomic E-state index is 0.329. The number of ether oxygens (including phenoxy) is 1. The molecular formula is C20H17NO5S. The molecule has 0 saturated carbocycles. The van der Waals surface area contributed by atoms with Gasteiger partial charge in [0.2, 0.25) is 0 Å². The standard InChI is InChI=1S/C20H17NO5S/c1-12-5-3-4-6-16(12)21-18(22)17(27-20(21)25)11-14-7-9-15(10-8-14)26-13(2)19(23)24/h3-11,13H,1-2H3,(H,23,24)/b17-11+. The van der Waals surface area contributed by atoms with Crippen LogP contribution >= 0.6 is 11.8 Å². The fourth-order valence-electron chi connectivity index (χ4n) is 2.54. The van der Waals surface area contributed by atoms with Gasteiger partial charge in [-0.2, -0.15) is 0 Å². The molecule has 138 valence electrons. The van der Waals surface area contributed by atoms with Crippen molar-refractivity contribution < 1.29 is 24.2 Å². The highest BCUT2D eigenvalue weighted by Crippen LogP contribution is 2.37. The number of hydrogen-bond acceptors (Lipinski definition) is 5. The molecule has 1 aliphatic heterocycles. The van der Waals surface area contributed by atoms with Crippen molar-refractivity contribution in [3.8, 4) is 5.75 Å². The molecule has 0 spiro atoms. The number of para-hydroxylation sites is 1. The van der Waals surface area contributed by atoms with Crippen LogP contribution in [0.5, 0.6) is 5.75 Å². The fourth-order valence-corrected chi connectivity index (χ4v) is 3.37. The Morgan fingerprint density at radius 1 is 1.15 bits per heavy atom. The summed E-state index contributed by atoms with van der Waals surface area (Å²) in [5.41, 5.74) is 2.13. The number of rotatable bonds is 5. The second-order valence-electron chi connectivity index (χ2n) is 5.97. The van der Waals surface area contributed by atoms with Gasteiger partial charge in [-0.25, -0.2) is 9.69 Å². The molecular weight excluding hydrogens is 366 g/mol. The first-order chi connectivity index (χ1) is 12.9. The van der Waals surface area contributed by atoms with Gasteiger partial charge < -0.3 is 9.84 Å². The lowest BCUT2D eigenvalue weighted by molar-refractivity contribution is -0.144. The Morgan fingerprint density at radius 3 is 2.44 bits per heavy atom. The van der Waals surface area contributed by atoms with Crippen LogP contribution in [0.3, 0.4) is 0 Å². The summed E-state index contributed by atoms with van der Waals surface area (Å²) in [7, 11) is 0. The molecule has 1 unspecified atom stereocenters. The first kappa shape index (κ1) is 18.7. The average molecular weight is 383 g/mol. The smallest absolute Gasteiger partial charge is 0.344 e. The molecule has 2 aromatic rings. The van der Waals surface area contributed by atoms with Crippen molar-refractivity contribution in [1.29, 1.82) is 0 Å². The summed E-state index contributed by atoms with van der Waals surface area (Å²) in [5.74, 6) is -1.00. The molecule has 0 bridgehead atoms. The Morgan fingerprint density at radius 2 is 1.81 bits per heavy atom. The molecule has 7 heteroatoms. The number of aryl methyl sites for hydroxylation is 1. The van der Waals surface area contributed by atoms with Crippen LogP contribution in [0.15, 0.2) is 53.4 Å². The number of carbonyl (C=O) groups is 3. The lowest BCUT2D eigenvalue weighted by Gasteiger charge is -2.14. The monoisotopic (exact) mass is 383 g/mol. The molecule has 1 atom stereocenters. The number of benzene rings is 2. The Hall–Kier alpha value is -3.06. The van der Waals surface area contributed by atoms with E-state index in [0.29, 0.717) is 21.9 Å². The van der Waals surface area contributed by atoms with Crippen LogP contribution in [-0.4, -0.2) is 28.3 Å². The van der Waals surface area contributed by atoms with E-state index in [4.69, 9.17) is 9.84 Å². The highest BCUT2D eigenvalue weighted by molar-refractivity contribution is 8.19. The second-order valence-corrected chi connectivity index (χ2v) is 6.96. The van der Waals surface area contributed by atoms with Gasteiger partial charge in [0.25, 0.3) is 11.1 Å². The van der Waals surface area contributed by atoms with E-state index in [1.165, 1.54) is 11.8 Å². The molecule has 6 nitrogen and oxygen atoms in total. The lowest BCUT2D eigenvalue weighted by Crippen LogP contribution is -2.28. The molecule has 1 aliphatic rings. The number of aliphatic carboxylic acids is 1. The SMILES string of the molecule is Cc1ccccc1N1C(=O)S/C(=C/c2ccc(OC(C)C(=O)O)cc2)C1=O. The minimum Gasteiger partial charge on any atom is -0.479 e. The van der Waals surface area contributed by atoms with Crippen molar-refractivity contribution in [1.82, 2.24) is 0 Å². The van der Waals surface area contributed by atoms with E-state index >= 15 is 0 Å². The highest BCUT2D eigenvalue weighted by atomic mass is 32.2. The second kappa shape index (κ2) is 7.67. The van der Waals surface area contributed by atoms with Crippen LogP contribution in [0.25, 0.3) is 6.08 Å². The van der Waals surface area contributed by atoms with Crippen molar-refractivity contribution >= 4 is 40.6 Å². The number of nitrogens with zero attached hydrogens (tertiary/aromatic N) is 1. The fraction of sp³-hybridized carbons (Fsp3) is 0.150. The van der Waals surface area contributed by atoms with Gasteiger partial charge in [0.05, 0.1) is 10.6 Å². The molecule has 2 aromatic carbocycles. The van der Waals surface area contributed by atoms with Crippen molar-refractivity contribution in [2.45, 2.75) is 20.0 Å². The van der Waals surface area contributed by atoms with Gasteiger partial charge in [0.1, 0.15) is 5.75 Å². The molecule has 0 radical (unpaired) electrons. The number of carboxylic acid groups (broad SMARTS) is 1. The van der Waals surface area contributed by atoms with Crippen molar-refractivity contribution in [2.75, 3.05) is 4.90 Å². The number of carboxylic acids is 1. The minimum atomic E-state index is -1.05. The molecule has 27 heavy (non-hydrogen) atoms. The predicted octanol–water partition coefficient (Wildman–Crippen LogP) is 4.09. The van der Waals surface area contributed by atoms with Crippen LogP contribution < -0.4 is 9.64 Å². The van der Waals surface area contributed by atoms with E-state index in [-0.39, 0.29) is 11.1 Å². The van der Waals surface area contributed by atoms with Gasteiger partial charge in [0.15, 0.2) is 6.10 Å². The lowest BCUT2D eigenvalue weighted by atomic mass is 10.1. The van der Waals surface area contributed by atoms with Gasteiger partial charge in [0, 0.05) is 0 Å². The quantitative estimate of drug-likeness (QED) is 0.783. The van der Waals surface area contributed by atoms with Crippen LogP contribution in [-0.2, 0) is 9.59 Å². The number of hydrogen-bond donors (Lipinski definition) is 1. The van der Waals surface area contributed by atoms with Gasteiger partial charge >= 0.3 is 5.97 Å². The zero-order valence-corrected chi connectivity index (χ0v) is 15.5. The van der Waals surface area contributed by atoms with Gasteiger partial charge in [-0.3, -0.25) is 9.59 Å².